The van der Waals surface area contributed by atoms with E-state index in [4.69, 9.17) is 9.15 Å². The lowest BCUT2D eigenvalue weighted by atomic mass is 9.99. The van der Waals surface area contributed by atoms with Crippen LogP contribution in [0.2, 0.25) is 0 Å². The molecule has 2 aromatic carbocycles. The van der Waals surface area contributed by atoms with E-state index in [1.54, 1.807) is 24.3 Å². The fourth-order valence-corrected chi connectivity index (χ4v) is 3.07. The molecule has 0 aliphatic heterocycles. The average Bonchev–Trinajstić information content (AvgIpc) is 2.71. The van der Waals surface area contributed by atoms with Crippen LogP contribution >= 0.6 is 0 Å². The molecule has 3 aromatic rings. The van der Waals surface area contributed by atoms with E-state index in [0.29, 0.717) is 17.7 Å². The molecule has 2 atom stereocenters. The maximum atomic E-state index is 12.8. The van der Waals surface area contributed by atoms with Gasteiger partial charge in [-0.2, -0.15) is 0 Å². The third-order valence-electron chi connectivity index (χ3n) is 4.94. The van der Waals surface area contributed by atoms with Gasteiger partial charge in [0, 0.05) is 6.54 Å². The van der Waals surface area contributed by atoms with Crippen molar-refractivity contribution in [2.45, 2.75) is 32.9 Å². The summed E-state index contributed by atoms with van der Waals surface area (Å²) in [6, 6.07) is 10.9. The number of phenols is 1. The number of rotatable bonds is 8. The van der Waals surface area contributed by atoms with Crippen LogP contribution in [-0.2, 0) is 11.3 Å². The molecular formula is C22H23NO6. The first-order chi connectivity index (χ1) is 13.9. The largest absolute Gasteiger partial charge is 0.507 e. The lowest BCUT2D eigenvalue weighted by Gasteiger charge is -2.20. The highest BCUT2D eigenvalue weighted by Crippen LogP contribution is 2.28. The zero-order valence-electron chi connectivity index (χ0n) is 16.2. The van der Waals surface area contributed by atoms with Crippen molar-refractivity contribution < 1.29 is 24.2 Å². The van der Waals surface area contributed by atoms with Crippen LogP contribution in [-0.4, -0.2) is 22.2 Å². The van der Waals surface area contributed by atoms with Gasteiger partial charge in [-0.3, -0.25) is 14.9 Å². The van der Waals surface area contributed by atoms with Gasteiger partial charge in [0.05, 0.1) is 10.9 Å². The van der Waals surface area contributed by atoms with Gasteiger partial charge in [-0.1, -0.05) is 38.5 Å². The van der Waals surface area contributed by atoms with Crippen molar-refractivity contribution >= 4 is 16.9 Å². The number of ether oxygens (including phenoxy) is 1. The summed E-state index contributed by atoms with van der Waals surface area (Å²) in [5.41, 5.74) is 0.129. The van der Waals surface area contributed by atoms with Crippen LogP contribution in [0.4, 0.5) is 0 Å². The molecule has 7 nitrogen and oxygen atoms in total. The third kappa shape index (κ3) is 4.41. The van der Waals surface area contributed by atoms with Gasteiger partial charge in [0.25, 0.3) is 0 Å². The second-order valence-corrected chi connectivity index (χ2v) is 6.87. The lowest BCUT2D eigenvalue weighted by Crippen LogP contribution is -2.41. The Balaban J connectivity index is 1.94. The van der Waals surface area contributed by atoms with Gasteiger partial charge >= 0.3 is 5.97 Å². The second kappa shape index (κ2) is 8.79. The topological polar surface area (TPSA) is 109 Å². The number of para-hydroxylation sites is 1. The molecule has 1 aromatic heterocycles. The first-order valence-corrected chi connectivity index (χ1v) is 9.37. The normalized spacial score (nSPS) is 13.2. The minimum absolute atomic E-state index is 0.0244. The Morgan fingerprint density at radius 2 is 1.93 bits per heavy atom. The minimum atomic E-state index is -0.973. The number of hydrogen-bond donors (Lipinski definition) is 3. The summed E-state index contributed by atoms with van der Waals surface area (Å²) in [6.07, 6.45) is 1.88. The van der Waals surface area contributed by atoms with E-state index >= 15 is 0 Å². The molecule has 3 N–H and O–H groups in total. The monoisotopic (exact) mass is 397 g/mol. The molecule has 0 spiro atoms. The van der Waals surface area contributed by atoms with E-state index in [2.05, 4.69) is 5.32 Å². The lowest BCUT2D eigenvalue weighted by molar-refractivity contribution is -0.140. The summed E-state index contributed by atoms with van der Waals surface area (Å²) < 4.78 is 11.2. The first-order valence-electron chi connectivity index (χ1n) is 9.37. The predicted octanol–water partition coefficient (Wildman–Crippen LogP) is 3.88. The Labute approximate surface area is 167 Å². The van der Waals surface area contributed by atoms with Crippen LogP contribution in [0.1, 0.15) is 25.8 Å². The Bertz CT molecular complexity index is 1060. The number of aromatic hydroxyl groups is 1. The number of benzene rings is 2. The van der Waals surface area contributed by atoms with Crippen LogP contribution in [0.25, 0.3) is 11.0 Å². The third-order valence-corrected chi connectivity index (χ3v) is 4.94. The summed E-state index contributed by atoms with van der Waals surface area (Å²) >= 11 is 0. The van der Waals surface area contributed by atoms with Crippen LogP contribution in [0.5, 0.6) is 17.2 Å². The smallest absolute Gasteiger partial charge is 0.320 e. The molecule has 29 heavy (non-hydrogen) atoms. The van der Waals surface area contributed by atoms with Crippen molar-refractivity contribution in [3.63, 3.8) is 0 Å². The zero-order valence-corrected chi connectivity index (χ0v) is 16.2. The van der Waals surface area contributed by atoms with E-state index in [-0.39, 0.29) is 40.4 Å². The molecule has 0 aliphatic carbocycles. The molecule has 152 valence electrons. The van der Waals surface area contributed by atoms with Gasteiger partial charge in [-0.15, -0.1) is 0 Å². The van der Waals surface area contributed by atoms with Crippen molar-refractivity contribution in [3.8, 4) is 17.2 Å². The number of hydrogen-bond acceptors (Lipinski definition) is 6. The average molecular weight is 397 g/mol. The SMILES string of the molecule is CCC(C)C(NCc1c(O)ccc2c(=O)c(Oc3ccccc3)coc12)C(=O)O. The highest BCUT2D eigenvalue weighted by molar-refractivity contribution is 5.83. The van der Waals surface area contributed by atoms with Crippen molar-refractivity contribution in [2.75, 3.05) is 0 Å². The van der Waals surface area contributed by atoms with Crippen molar-refractivity contribution in [1.29, 1.82) is 0 Å². The van der Waals surface area contributed by atoms with E-state index in [0.717, 1.165) is 0 Å². The van der Waals surface area contributed by atoms with E-state index in [9.17, 15) is 19.8 Å². The summed E-state index contributed by atoms with van der Waals surface area (Å²) in [7, 11) is 0. The molecule has 0 aliphatic rings. The van der Waals surface area contributed by atoms with E-state index in [1.165, 1.54) is 18.4 Å². The molecule has 0 amide bonds. The quantitative estimate of drug-likeness (QED) is 0.529. The van der Waals surface area contributed by atoms with Gasteiger partial charge in [-0.05, 0) is 30.2 Å². The van der Waals surface area contributed by atoms with Crippen molar-refractivity contribution in [3.05, 3.63) is 64.5 Å². The number of fused-ring (bicyclic) bond motifs is 1. The predicted molar refractivity (Wildman–Crippen MR) is 108 cm³/mol. The van der Waals surface area contributed by atoms with Crippen LogP contribution in [0.15, 0.2) is 57.9 Å². The van der Waals surface area contributed by atoms with Gasteiger partial charge in [0.15, 0.2) is 0 Å². The number of carboxylic acids is 1. The molecule has 1 heterocycles. The Hall–Kier alpha value is -3.32. The Kier molecular flexibility index (Phi) is 6.19. The number of phenolic OH excluding ortho intramolecular Hbond substituents is 1. The van der Waals surface area contributed by atoms with Gasteiger partial charge in [0.1, 0.15) is 29.4 Å². The number of nitrogens with one attached hydrogen (secondary N) is 1. The second-order valence-electron chi connectivity index (χ2n) is 6.87. The summed E-state index contributed by atoms with van der Waals surface area (Å²) in [6.45, 7) is 3.78. The highest BCUT2D eigenvalue weighted by Gasteiger charge is 2.24. The molecule has 0 fully saturated rings. The summed E-state index contributed by atoms with van der Waals surface area (Å²) in [4.78, 5) is 24.3. The molecule has 7 heteroatoms. The zero-order chi connectivity index (χ0) is 21.0. The minimum Gasteiger partial charge on any atom is -0.507 e. The maximum Gasteiger partial charge on any atom is 0.320 e. The number of carboxylic acid groups (broad SMARTS) is 1. The van der Waals surface area contributed by atoms with E-state index in [1.807, 2.05) is 19.9 Å². The fourth-order valence-electron chi connectivity index (χ4n) is 3.07. The Morgan fingerprint density at radius 3 is 2.59 bits per heavy atom. The maximum absolute atomic E-state index is 12.8. The number of carbonyl (C=O) groups is 1. The molecule has 0 saturated heterocycles. The molecule has 0 radical (unpaired) electrons. The highest BCUT2D eigenvalue weighted by atomic mass is 16.5. The summed E-state index contributed by atoms with van der Waals surface area (Å²) in [5, 5.41) is 22.9. The van der Waals surface area contributed by atoms with Crippen molar-refractivity contribution in [1.82, 2.24) is 5.32 Å². The standard InChI is InChI=1S/C22H23NO6/c1-3-13(2)19(22(26)27)23-11-16-17(24)10-9-15-20(25)18(12-28-21(15)16)29-14-7-5-4-6-8-14/h4-10,12-13,19,23-24H,3,11H2,1-2H3,(H,26,27). The fraction of sp³-hybridized carbons (Fsp3) is 0.273. The first kappa shape index (κ1) is 20.4. The molecule has 3 rings (SSSR count). The Morgan fingerprint density at radius 1 is 1.21 bits per heavy atom. The van der Waals surface area contributed by atoms with Crippen molar-refractivity contribution in [2.24, 2.45) is 5.92 Å². The van der Waals surface area contributed by atoms with Crippen LogP contribution in [0, 0.1) is 5.92 Å². The van der Waals surface area contributed by atoms with Gasteiger partial charge in [0.2, 0.25) is 11.2 Å². The molecular weight excluding hydrogens is 374 g/mol. The summed E-state index contributed by atoms with van der Waals surface area (Å²) in [5.74, 6) is -0.645. The molecule has 0 bridgehead atoms. The van der Waals surface area contributed by atoms with Crippen LogP contribution < -0.4 is 15.5 Å². The number of aliphatic carboxylic acids is 1. The van der Waals surface area contributed by atoms with Gasteiger partial charge < -0.3 is 19.4 Å². The molecule has 0 saturated carbocycles. The van der Waals surface area contributed by atoms with E-state index < -0.39 is 12.0 Å². The van der Waals surface area contributed by atoms with Crippen LogP contribution in [0.3, 0.4) is 0 Å². The molecule has 2 unspecified atom stereocenters. The van der Waals surface area contributed by atoms with Gasteiger partial charge in [-0.25, -0.2) is 0 Å².